The monoisotopic (exact) mass is 366 g/mol. The van der Waals surface area contributed by atoms with Crippen LogP contribution in [-0.2, 0) is 4.79 Å². The first-order valence-corrected chi connectivity index (χ1v) is 8.23. The van der Waals surface area contributed by atoms with Gasteiger partial charge >= 0.3 is 6.18 Å². The van der Waals surface area contributed by atoms with Crippen molar-refractivity contribution in [2.75, 3.05) is 18.4 Å². The Morgan fingerprint density at radius 2 is 2.04 bits per heavy atom. The van der Waals surface area contributed by atoms with Crippen molar-refractivity contribution in [2.45, 2.75) is 6.18 Å². The maximum absolute atomic E-state index is 13.1. The van der Waals surface area contributed by atoms with Gasteiger partial charge in [0.1, 0.15) is 0 Å². The van der Waals surface area contributed by atoms with Gasteiger partial charge in [0.15, 0.2) is 11.3 Å². The van der Waals surface area contributed by atoms with Gasteiger partial charge in [-0.2, -0.15) is 18.4 Å². The van der Waals surface area contributed by atoms with Gasteiger partial charge in [-0.05, 0) is 5.56 Å². The van der Waals surface area contributed by atoms with Gasteiger partial charge in [-0.25, -0.2) is 4.98 Å². The molecule has 1 amide bonds. The highest BCUT2D eigenvalue weighted by molar-refractivity contribution is 7.19. The number of aromatic nitrogens is 1. The molecule has 9 heteroatoms. The molecule has 1 aliphatic heterocycles. The number of alkyl halides is 3. The van der Waals surface area contributed by atoms with Gasteiger partial charge in [-0.3, -0.25) is 4.79 Å². The summed E-state index contributed by atoms with van der Waals surface area (Å²) in [5, 5.41) is 11.5. The standard InChI is InChI=1S/C16H13F3N4OS/c17-16(18,19)12-8-23(9-20)7-11(12)14(24)22-15-21-6-13(25-15)10-4-2-1-3-5-10/h1-6,11-12H,7-8H2,(H,21,22,24)/t11-,12-/m1/s1. The maximum atomic E-state index is 13.1. The molecule has 1 N–H and O–H groups in total. The van der Waals surface area contributed by atoms with Crippen molar-refractivity contribution < 1.29 is 18.0 Å². The lowest BCUT2D eigenvalue weighted by molar-refractivity contribution is -0.181. The molecule has 2 aromatic rings. The number of nitriles is 1. The molecule has 5 nitrogen and oxygen atoms in total. The molecule has 0 spiro atoms. The Labute approximate surface area is 145 Å². The van der Waals surface area contributed by atoms with Gasteiger partial charge in [0, 0.05) is 19.3 Å². The lowest BCUT2D eigenvalue weighted by Gasteiger charge is -2.19. The van der Waals surface area contributed by atoms with Crippen LogP contribution in [0.1, 0.15) is 0 Å². The van der Waals surface area contributed by atoms with E-state index in [4.69, 9.17) is 5.26 Å². The molecule has 25 heavy (non-hydrogen) atoms. The summed E-state index contributed by atoms with van der Waals surface area (Å²) < 4.78 is 39.3. The quantitative estimate of drug-likeness (QED) is 0.846. The van der Waals surface area contributed by atoms with Crippen LogP contribution in [0.3, 0.4) is 0 Å². The molecule has 0 radical (unpaired) electrons. The summed E-state index contributed by atoms with van der Waals surface area (Å²) in [4.78, 5) is 18.1. The number of nitrogens with zero attached hydrogens (tertiary/aromatic N) is 3. The first kappa shape index (κ1) is 17.2. The molecule has 1 saturated heterocycles. The molecule has 0 bridgehead atoms. The molecule has 1 aromatic carbocycles. The zero-order valence-electron chi connectivity index (χ0n) is 12.8. The average Bonchev–Trinajstić information content (AvgIpc) is 3.22. The van der Waals surface area contributed by atoms with Crippen molar-refractivity contribution in [3.63, 3.8) is 0 Å². The van der Waals surface area contributed by atoms with Crippen molar-refractivity contribution in [2.24, 2.45) is 11.8 Å². The molecule has 1 fully saturated rings. The Hall–Kier alpha value is -2.60. The Morgan fingerprint density at radius 3 is 2.68 bits per heavy atom. The maximum Gasteiger partial charge on any atom is 0.394 e. The van der Waals surface area contributed by atoms with E-state index < -0.39 is 30.5 Å². The first-order chi connectivity index (χ1) is 11.9. The second kappa shape index (κ2) is 6.72. The molecule has 1 aliphatic rings. The Morgan fingerprint density at radius 1 is 1.32 bits per heavy atom. The van der Waals surface area contributed by atoms with E-state index in [0.717, 1.165) is 15.3 Å². The van der Waals surface area contributed by atoms with Crippen LogP contribution in [0.15, 0.2) is 36.5 Å². The van der Waals surface area contributed by atoms with E-state index in [-0.39, 0.29) is 11.7 Å². The minimum Gasteiger partial charge on any atom is -0.309 e. The van der Waals surface area contributed by atoms with E-state index >= 15 is 0 Å². The first-order valence-electron chi connectivity index (χ1n) is 7.42. The molecule has 0 unspecified atom stereocenters. The van der Waals surface area contributed by atoms with Gasteiger partial charge < -0.3 is 10.2 Å². The van der Waals surface area contributed by atoms with E-state index in [1.807, 2.05) is 30.3 Å². The van der Waals surface area contributed by atoms with Gasteiger partial charge in [-0.1, -0.05) is 41.7 Å². The summed E-state index contributed by atoms with van der Waals surface area (Å²) in [6.07, 6.45) is -1.29. The summed E-state index contributed by atoms with van der Waals surface area (Å²) >= 11 is 1.19. The van der Waals surface area contributed by atoms with Crippen LogP contribution in [-0.4, -0.2) is 35.1 Å². The predicted molar refractivity (Wildman–Crippen MR) is 86.4 cm³/mol. The van der Waals surface area contributed by atoms with Crippen LogP contribution in [0.4, 0.5) is 18.3 Å². The zero-order chi connectivity index (χ0) is 18.0. The number of nitrogens with one attached hydrogen (secondary N) is 1. The fourth-order valence-electron chi connectivity index (χ4n) is 2.75. The van der Waals surface area contributed by atoms with E-state index in [9.17, 15) is 18.0 Å². The van der Waals surface area contributed by atoms with Crippen LogP contribution >= 0.6 is 11.3 Å². The fourth-order valence-corrected chi connectivity index (χ4v) is 3.57. The molecule has 3 rings (SSSR count). The van der Waals surface area contributed by atoms with E-state index in [0.29, 0.717) is 0 Å². The van der Waals surface area contributed by atoms with Crippen molar-refractivity contribution in [1.29, 1.82) is 5.26 Å². The zero-order valence-corrected chi connectivity index (χ0v) is 13.6. The molecule has 2 atom stereocenters. The third-order valence-electron chi connectivity index (χ3n) is 4.01. The number of carbonyl (C=O) groups excluding carboxylic acids is 1. The van der Waals surface area contributed by atoms with Crippen LogP contribution < -0.4 is 5.32 Å². The Balaban J connectivity index is 1.74. The van der Waals surface area contributed by atoms with Crippen molar-refractivity contribution in [1.82, 2.24) is 9.88 Å². The average molecular weight is 366 g/mol. The molecule has 0 aliphatic carbocycles. The lowest BCUT2D eigenvalue weighted by atomic mass is 9.95. The largest absolute Gasteiger partial charge is 0.394 e. The third kappa shape index (κ3) is 3.74. The molecule has 130 valence electrons. The minimum atomic E-state index is -4.54. The van der Waals surface area contributed by atoms with Gasteiger partial charge in [0.2, 0.25) is 5.91 Å². The van der Waals surface area contributed by atoms with Gasteiger partial charge in [0.25, 0.3) is 0 Å². The highest BCUT2D eigenvalue weighted by Gasteiger charge is 2.52. The second-order valence-electron chi connectivity index (χ2n) is 5.64. The normalized spacial score (nSPS) is 20.3. The Bertz CT molecular complexity index is 800. The number of amides is 1. The second-order valence-corrected chi connectivity index (χ2v) is 6.68. The number of hydrogen-bond donors (Lipinski definition) is 1. The summed E-state index contributed by atoms with van der Waals surface area (Å²) in [6, 6.07) is 9.33. The van der Waals surface area contributed by atoms with E-state index in [2.05, 4.69) is 10.3 Å². The number of hydrogen-bond acceptors (Lipinski definition) is 5. The van der Waals surface area contributed by atoms with Crippen LogP contribution in [0.25, 0.3) is 10.4 Å². The van der Waals surface area contributed by atoms with E-state index in [1.165, 1.54) is 11.3 Å². The topological polar surface area (TPSA) is 69.0 Å². The lowest BCUT2D eigenvalue weighted by Crippen LogP contribution is -2.36. The van der Waals surface area contributed by atoms with Crippen molar-refractivity contribution in [3.05, 3.63) is 36.5 Å². The van der Waals surface area contributed by atoms with Gasteiger partial charge in [0.05, 0.1) is 16.7 Å². The molecular weight excluding hydrogens is 353 g/mol. The van der Waals surface area contributed by atoms with E-state index in [1.54, 1.807) is 12.4 Å². The number of likely N-dealkylation sites (tertiary alicyclic amines) is 1. The number of halogens is 3. The minimum absolute atomic E-state index is 0.236. The highest BCUT2D eigenvalue weighted by Crippen LogP contribution is 2.38. The van der Waals surface area contributed by atoms with Crippen molar-refractivity contribution in [3.8, 4) is 16.6 Å². The predicted octanol–water partition coefficient (Wildman–Crippen LogP) is 3.34. The summed E-state index contributed by atoms with van der Waals surface area (Å²) in [6.45, 7) is -0.741. The number of carbonyl (C=O) groups is 1. The van der Waals surface area contributed by atoms with Crippen LogP contribution in [0.2, 0.25) is 0 Å². The smallest absolute Gasteiger partial charge is 0.309 e. The fraction of sp³-hybridized carbons (Fsp3) is 0.312. The number of rotatable bonds is 3. The molecule has 2 heterocycles. The summed E-state index contributed by atoms with van der Waals surface area (Å²) in [5.41, 5.74) is 0.908. The highest BCUT2D eigenvalue weighted by atomic mass is 32.1. The Kier molecular flexibility index (Phi) is 4.63. The number of anilines is 1. The van der Waals surface area contributed by atoms with Crippen LogP contribution in [0.5, 0.6) is 0 Å². The van der Waals surface area contributed by atoms with Gasteiger partial charge in [-0.15, -0.1) is 0 Å². The summed E-state index contributed by atoms with van der Waals surface area (Å²) in [5.74, 6) is -3.96. The molecule has 0 saturated carbocycles. The third-order valence-corrected chi connectivity index (χ3v) is 4.97. The van der Waals surface area contributed by atoms with Crippen molar-refractivity contribution >= 4 is 22.4 Å². The number of thiazole rings is 1. The SMILES string of the molecule is N#CN1C[C@@H](C(F)(F)F)[C@H](C(=O)Nc2ncc(-c3ccccc3)s2)C1. The number of benzene rings is 1. The molecular formula is C16H13F3N4OS. The summed E-state index contributed by atoms with van der Waals surface area (Å²) in [7, 11) is 0. The molecule has 1 aromatic heterocycles. The van der Waals surface area contributed by atoms with Crippen LogP contribution in [0, 0.1) is 23.3 Å².